The van der Waals surface area contributed by atoms with Gasteiger partial charge in [0.2, 0.25) is 0 Å². The number of nitrogens with zero attached hydrogens (tertiary/aromatic N) is 3. The van der Waals surface area contributed by atoms with Crippen LogP contribution in [0.1, 0.15) is 39.4 Å². The van der Waals surface area contributed by atoms with E-state index in [0.29, 0.717) is 17.7 Å². The van der Waals surface area contributed by atoms with E-state index in [-0.39, 0.29) is 11.9 Å². The number of furan rings is 1. The van der Waals surface area contributed by atoms with E-state index < -0.39 is 0 Å². The normalized spacial score (nSPS) is 15.0. The predicted octanol–water partition coefficient (Wildman–Crippen LogP) is 4.56. The number of rotatable bonds is 7. The molecule has 30 heavy (non-hydrogen) atoms. The molecular weight excluding hydrogens is 394 g/mol. The molecule has 0 unspecified atom stereocenters. The number of nitriles is 1. The molecule has 1 amide bonds. The van der Waals surface area contributed by atoms with Gasteiger partial charge >= 0.3 is 0 Å². The van der Waals surface area contributed by atoms with Gasteiger partial charge in [-0.1, -0.05) is 12.1 Å². The van der Waals surface area contributed by atoms with Crippen LogP contribution in [0, 0.1) is 11.3 Å². The van der Waals surface area contributed by atoms with Crippen molar-refractivity contribution in [3.63, 3.8) is 0 Å². The lowest BCUT2D eigenvalue weighted by atomic mass is 10.0. The Morgan fingerprint density at radius 3 is 2.77 bits per heavy atom. The average molecular weight is 420 g/mol. The fraction of sp³-hybridized carbons (Fsp3) is 0.333. The molecule has 1 aliphatic heterocycles. The van der Waals surface area contributed by atoms with Crippen LogP contribution in [0.3, 0.4) is 0 Å². The van der Waals surface area contributed by atoms with Crippen molar-refractivity contribution in [3.05, 3.63) is 81.9 Å². The molecule has 0 aliphatic carbocycles. The number of hydrogen-bond acceptors (Lipinski definition) is 5. The second-order valence-electron chi connectivity index (χ2n) is 7.61. The lowest BCUT2D eigenvalue weighted by Crippen LogP contribution is -2.47. The summed E-state index contributed by atoms with van der Waals surface area (Å²) in [6.45, 7) is 3.47. The summed E-state index contributed by atoms with van der Waals surface area (Å²) in [4.78, 5) is 19.2. The zero-order valence-corrected chi connectivity index (χ0v) is 17.7. The van der Waals surface area contributed by atoms with Gasteiger partial charge in [-0.3, -0.25) is 4.79 Å². The number of carbonyl (C=O) groups excluding carboxylic acids is 1. The van der Waals surface area contributed by atoms with Gasteiger partial charge in [0.25, 0.3) is 5.91 Å². The lowest BCUT2D eigenvalue weighted by molar-refractivity contribution is 0.0532. The van der Waals surface area contributed by atoms with Crippen LogP contribution in [0.5, 0.6) is 0 Å². The Hall–Kier alpha value is -2.88. The Bertz CT molecular complexity index is 984. The van der Waals surface area contributed by atoms with E-state index >= 15 is 0 Å². The summed E-state index contributed by atoms with van der Waals surface area (Å²) in [5, 5.41) is 11.3. The van der Waals surface area contributed by atoms with E-state index in [2.05, 4.69) is 28.5 Å². The summed E-state index contributed by atoms with van der Waals surface area (Å²) in [5.41, 5.74) is 1.06. The highest BCUT2D eigenvalue weighted by Gasteiger charge is 2.29. The molecule has 0 radical (unpaired) electrons. The Morgan fingerprint density at radius 2 is 2.07 bits per heavy atom. The van der Waals surface area contributed by atoms with Crippen LogP contribution in [0.2, 0.25) is 0 Å². The minimum atomic E-state index is -0.0412. The second kappa shape index (κ2) is 9.75. The maximum absolute atomic E-state index is 13.4. The van der Waals surface area contributed by atoms with Crippen LogP contribution in [0.25, 0.3) is 0 Å². The molecule has 0 spiro atoms. The van der Waals surface area contributed by atoms with Gasteiger partial charge in [0, 0.05) is 36.1 Å². The topological polar surface area (TPSA) is 60.5 Å². The molecule has 4 rings (SSSR count). The summed E-state index contributed by atoms with van der Waals surface area (Å²) in [7, 11) is 0. The third-order valence-corrected chi connectivity index (χ3v) is 6.59. The van der Waals surface area contributed by atoms with Crippen molar-refractivity contribution >= 4 is 17.2 Å². The highest BCUT2D eigenvalue weighted by Crippen LogP contribution is 2.23. The lowest BCUT2D eigenvalue weighted by Gasteiger charge is -2.38. The van der Waals surface area contributed by atoms with E-state index in [1.54, 1.807) is 30.5 Å². The van der Waals surface area contributed by atoms with E-state index in [1.165, 1.54) is 4.88 Å². The van der Waals surface area contributed by atoms with Crippen molar-refractivity contribution in [3.8, 4) is 6.07 Å². The van der Waals surface area contributed by atoms with E-state index in [0.717, 1.165) is 44.7 Å². The highest BCUT2D eigenvalue weighted by atomic mass is 32.1. The quantitative estimate of drug-likeness (QED) is 0.563. The largest absolute Gasteiger partial charge is 0.467 e. The Kier molecular flexibility index (Phi) is 6.63. The molecule has 154 valence electrons. The SMILES string of the molecule is N#Cc1cccc(C(=O)N(Cc2ccco2)C2CCN(CCc3cccs3)CC2)c1. The summed E-state index contributed by atoms with van der Waals surface area (Å²) in [6, 6.07) is 17.3. The molecule has 2 aromatic heterocycles. The molecule has 1 aliphatic rings. The number of carbonyl (C=O) groups is 1. The number of likely N-dealkylation sites (tertiary alicyclic amines) is 1. The molecule has 1 fully saturated rings. The molecule has 1 saturated heterocycles. The Morgan fingerprint density at radius 1 is 1.20 bits per heavy atom. The van der Waals surface area contributed by atoms with E-state index in [1.807, 2.05) is 28.4 Å². The van der Waals surface area contributed by atoms with Gasteiger partial charge in [-0.15, -0.1) is 11.3 Å². The van der Waals surface area contributed by atoms with E-state index in [4.69, 9.17) is 4.42 Å². The van der Waals surface area contributed by atoms with Crippen LogP contribution in [0.15, 0.2) is 64.6 Å². The van der Waals surface area contributed by atoms with Crippen LogP contribution < -0.4 is 0 Å². The molecule has 1 aromatic carbocycles. The minimum Gasteiger partial charge on any atom is -0.467 e. The minimum absolute atomic E-state index is 0.0412. The first kappa shape index (κ1) is 20.4. The standard InChI is InChI=1S/C24H25N3O2S/c25-17-19-4-1-5-20(16-19)24(28)27(18-22-6-2-14-29-22)21-8-11-26(12-9-21)13-10-23-7-3-15-30-23/h1-7,14-16,21H,8-13,18H2. The summed E-state index contributed by atoms with van der Waals surface area (Å²) in [6.07, 6.45) is 4.60. The molecule has 6 heteroatoms. The summed E-state index contributed by atoms with van der Waals surface area (Å²) < 4.78 is 5.53. The fourth-order valence-electron chi connectivity index (χ4n) is 4.00. The first-order valence-corrected chi connectivity index (χ1v) is 11.2. The van der Waals surface area contributed by atoms with Gasteiger partial charge in [0.05, 0.1) is 24.4 Å². The first-order valence-electron chi connectivity index (χ1n) is 10.3. The molecule has 0 atom stereocenters. The molecule has 3 heterocycles. The van der Waals surface area contributed by atoms with Crippen molar-refractivity contribution < 1.29 is 9.21 Å². The number of benzene rings is 1. The predicted molar refractivity (Wildman–Crippen MR) is 117 cm³/mol. The third-order valence-electron chi connectivity index (χ3n) is 5.66. The van der Waals surface area contributed by atoms with Crippen LogP contribution in [-0.2, 0) is 13.0 Å². The van der Waals surface area contributed by atoms with E-state index in [9.17, 15) is 10.1 Å². The van der Waals surface area contributed by atoms with Crippen molar-refractivity contribution in [2.75, 3.05) is 19.6 Å². The first-order chi connectivity index (χ1) is 14.7. The van der Waals surface area contributed by atoms with Crippen LogP contribution in [-0.4, -0.2) is 41.4 Å². The molecule has 5 nitrogen and oxygen atoms in total. The van der Waals surface area contributed by atoms with Gasteiger partial charge in [0.1, 0.15) is 5.76 Å². The third kappa shape index (κ3) is 4.99. The van der Waals surface area contributed by atoms with Crippen molar-refractivity contribution in [2.45, 2.75) is 31.8 Å². The number of thiophene rings is 1. The maximum atomic E-state index is 13.4. The van der Waals surface area contributed by atoms with Crippen molar-refractivity contribution in [1.29, 1.82) is 5.26 Å². The maximum Gasteiger partial charge on any atom is 0.254 e. The van der Waals surface area contributed by atoms with Crippen LogP contribution in [0.4, 0.5) is 0 Å². The van der Waals surface area contributed by atoms with Gasteiger partial charge in [-0.05, 0) is 61.0 Å². The number of hydrogen-bond donors (Lipinski definition) is 0. The number of amides is 1. The smallest absolute Gasteiger partial charge is 0.254 e. The summed E-state index contributed by atoms with van der Waals surface area (Å²) >= 11 is 1.81. The zero-order chi connectivity index (χ0) is 20.8. The van der Waals surface area contributed by atoms with Gasteiger partial charge in [0.15, 0.2) is 0 Å². The monoisotopic (exact) mass is 419 g/mol. The van der Waals surface area contributed by atoms with Crippen molar-refractivity contribution in [2.24, 2.45) is 0 Å². The molecule has 0 N–H and O–H groups in total. The fourth-order valence-corrected chi connectivity index (χ4v) is 4.70. The average Bonchev–Trinajstić information content (AvgIpc) is 3.50. The van der Waals surface area contributed by atoms with Gasteiger partial charge in [-0.25, -0.2) is 0 Å². The Balaban J connectivity index is 1.43. The second-order valence-corrected chi connectivity index (χ2v) is 8.64. The molecule has 0 bridgehead atoms. The van der Waals surface area contributed by atoms with Gasteiger partial charge < -0.3 is 14.2 Å². The van der Waals surface area contributed by atoms with Crippen molar-refractivity contribution in [1.82, 2.24) is 9.80 Å². The number of piperidine rings is 1. The van der Waals surface area contributed by atoms with Gasteiger partial charge in [-0.2, -0.15) is 5.26 Å². The molecule has 0 saturated carbocycles. The Labute approximate surface area is 181 Å². The zero-order valence-electron chi connectivity index (χ0n) is 16.9. The molecule has 3 aromatic rings. The molecular formula is C24H25N3O2S. The summed E-state index contributed by atoms with van der Waals surface area (Å²) in [5.74, 6) is 0.737. The van der Waals surface area contributed by atoms with Crippen LogP contribution >= 0.6 is 11.3 Å². The highest BCUT2D eigenvalue weighted by molar-refractivity contribution is 7.09.